The van der Waals surface area contributed by atoms with Crippen LogP contribution in [0.4, 0.5) is 0 Å². The van der Waals surface area contributed by atoms with Crippen LogP contribution in [0.25, 0.3) is 0 Å². The van der Waals surface area contributed by atoms with E-state index in [4.69, 9.17) is 5.73 Å². The van der Waals surface area contributed by atoms with Crippen LogP contribution in [0.3, 0.4) is 0 Å². The fourth-order valence-corrected chi connectivity index (χ4v) is 3.26. The molecular weight excluding hydrogens is 286 g/mol. The topological polar surface area (TPSA) is 103 Å². The Morgan fingerprint density at radius 3 is 2.89 bits per heavy atom. The van der Waals surface area contributed by atoms with Gasteiger partial charge in [0.15, 0.2) is 0 Å². The van der Waals surface area contributed by atoms with Crippen molar-refractivity contribution in [3.05, 3.63) is 28.5 Å². The third-order valence-electron chi connectivity index (χ3n) is 2.38. The van der Waals surface area contributed by atoms with Crippen molar-refractivity contribution < 1.29 is 8.42 Å². The zero-order valence-electron chi connectivity index (χ0n) is 10.4. The molecule has 0 fully saturated rings. The van der Waals surface area contributed by atoms with Crippen molar-refractivity contribution in [2.75, 3.05) is 6.54 Å². The van der Waals surface area contributed by atoms with Crippen molar-refractivity contribution in [2.24, 2.45) is 5.73 Å². The molecule has 2 rings (SSSR count). The van der Waals surface area contributed by atoms with Crippen LogP contribution < -0.4 is 10.5 Å². The maximum absolute atomic E-state index is 12.0. The van der Waals surface area contributed by atoms with Crippen molar-refractivity contribution in [2.45, 2.75) is 24.9 Å². The van der Waals surface area contributed by atoms with E-state index >= 15 is 0 Å². The Bertz CT molecular complexity index is 646. The Morgan fingerprint density at radius 1 is 1.47 bits per heavy atom. The standard InChI is InChI=1S/C10H15N5O2S2/c1-8-12-4-9(18-8)5-14-19(16,17)10-6-13-15(7-10)3-2-11/h4,6-7,14H,2-3,5,11H2,1H3. The van der Waals surface area contributed by atoms with Crippen molar-refractivity contribution in [1.29, 1.82) is 0 Å². The minimum atomic E-state index is -3.54. The van der Waals surface area contributed by atoms with Crippen LogP contribution in [-0.2, 0) is 23.1 Å². The molecule has 0 aliphatic heterocycles. The minimum absolute atomic E-state index is 0.141. The average molecular weight is 301 g/mol. The van der Waals surface area contributed by atoms with E-state index < -0.39 is 10.0 Å². The summed E-state index contributed by atoms with van der Waals surface area (Å²) in [6.45, 7) is 3.01. The smallest absolute Gasteiger partial charge is 0.244 e. The Labute approximate surface area is 115 Å². The monoisotopic (exact) mass is 301 g/mol. The van der Waals surface area contributed by atoms with Gasteiger partial charge in [0.1, 0.15) is 4.90 Å². The highest BCUT2D eigenvalue weighted by molar-refractivity contribution is 7.89. The van der Waals surface area contributed by atoms with Gasteiger partial charge >= 0.3 is 0 Å². The maximum atomic E-state index is 12.0. The van der Waals surface area contributed by atoms with Gasteiger partial charge in [-0.15, -0.1) is 11.3 Å². The molecule has 0 saturated heterocycles. The molecule has 19 heavy (non-hydrogen) atoms. The SMILES string of the molecule is Cc1ncc(CNS(=O)(=O)c2cnn(CCN)c2)s1. The summed E-state index contributed by atoms with van der Waals surface area (Å²) in [5.74, 6) is 0. The number of hydrogen-bond donors (Lipinski definition) is 2. The number of nitrogens with zero attached hydrogens (tertiary/aromatic N) is 3. The van der Waals surface area contributed by atoms with Crippen LogP contribution in [0.15, 0.2) is 23.5 Å². The summed E-state index contributed by atoms with van der Waals surface area (Å²) < 4.78 is 28.1. The summed E-state index contributed by atoms with van der Waals surface area (Å²) in [4.78, 5) is 5.08. The Balaban J connectivity index is 2.04. The Morgan fingerprint density at radius 2 is 2.26 bits per heavy atom. The first-order chi connectivity index (χ1) is 9.01. The maximum Gasteiger partial charge on any atom is 0.244 e. The number of sulfonamides is 1. The van der Waals surface area contributed by atoms with Gasteiger partial charge in [-0.05, 0) is 6.92 Å². The first-order valence-electron chi connectivity index (χ1n) is 5.65. The van der Waals surface area contributed by atoms with Gasteiger partial charge in [-0.2, -0.15) is 5.10 Å². The van der Waals surface area contributed by atoms with Crippen molar-refractivity contribution in [1.82, 2.24) is 19.5 Å². The molecule has 0 aliphatic carbocycles. The molecule has 0 bridgehead atoms. The molecule has 0 saturated carbocycles. The van der Waals surface area contributed by atoms with E-state index in [1.807, 2.05) is 6.92 Å². The number of thiazole rings is 1. The third kappa shape index (κ3) is 3.60. The summed E-state index contributed by atoms with van der Waals surface area (Å²) in [6, 6.07) is 0. The zero-order valence-corrected chi connectivity index (χ0v) is 12.0. The second-order valence-electron chi connectivity index (χ2n) is 3.90. The molecule has 0 spiro atoms. The highest BCUT2D eigenvalue weighted by Crippen LogP contribution is 2.13. The molecule has 0 radical (unpaired) electrons. The first-order valence-corrected chi connectivity index (χ1v) is 7.95. The van der Waals surface area contributed by atoms with E-state index in [0.717, 1.165) is 9.88 Å². The number of aryl methyl sites for hydroxylation is 1. The number of aromatic nitrogens is 3. The predicted octanol–water partition coefficient (Wildman–Crippen LogP) is 0.0852. The third-order valence-corrected chi connectivity index (χ3v) is 4.65. The van der Waals surface area contributed by atoms with E-state index in [1.54, 1.807) is 6.20 Å². The second-order valence-corrected chi connectivity index (χ2v) is 6.98. The van der Waals surface area contributed by atoms with Crippen molar-refractivity contribution in [3.8, 4) is 0 Å². The average Bonchev–Trinajstić information content (AvgIpc) is 2.97. The van der Waals surface area contributed by atoms with Crippen molar-refractivity contribution >= 4 is 21.4 Å². The van der Waals surface area contributed by atoms with Crippen LogP contribution in [0.2, 0.25) is 0 Å². The lowest BCUT2D eigenvalue weighted by molar-refractivity contribution is 0.580. The van der Waals surface area contributed by atoms with Gasteiger partial charge in [-0.1, -0.05) is 0 Å². The number of nitrogens with two attached hydrogens (primary N) is 1. The quantitative estimate of drug-likeness (QED) is 0.787. The molecule has 0 unspecified atom stereocenters. The van der Waals surface area contributed by atoms with E-state index in [2.05, 4.69) is 14.8 Å². The molecule has 2 aromatic heterocycles. The van der Waals surface area contributed by atoms with E-state index in [-0.39, 0.29) is 11.4 Å². The van der Waals surface area contributed by atoms with Gasteiger partial charge in [-0.25, -0.2) is 18.1 Å². The molecule has 2 heterocycles. The van der Waals surface area contributed by atoms with Gasteiger partial charge in [0.25, 0.3) is 0 Å². The van der Waals surface area contributed by atoms with Gasteiger partial charge in [0.05, 0.1) is 17.7 Å². The molecule has 0 aliphatic rings. The predicted molar refractivity (Wildman–Crippen MR) is 72.2 cm³/mol. The summed E-state index contributed by atoms with van der Waals surface area (Å²) in [7, 11) is -3.54. The van der Waals surface area contributed by atoms with E-state index in [1.165, 1.54) is 28.4 Å². The fraction of sp³-hybridized carbons (Fsp3) is 0.400. The molecule has 3 N–H and O–H groups in total. The van der Waals surface area contributed by atoms with Crippen molar-refractivity contribution in [3.63, 3.8) is 0 Å². The fourth-order valence-electron chi connectivity index (χ4n) is 1.47. The van der Waals surface area contributed by atoms with Gasteiger partial charge in [0, 0.05) is 30.4 Å². The van der Waals surface area contributed by atoms with Crippen LogP contribution >= 0.6 is 11.3 Å². The highest BCUT2D eigenvalue weighted by Gasteiger charge is 2.16. The van der Waals surface area contributed by atoms with E-state index in [9.17, 15) is 8.42 Å². The molecule has 9 heteroatoms. The first kappa shape index (κ1) is 14.1. The Kier molecular flexibility index (Phi) is 4.30. The summed E-state index contributed by atoms with van der Waals surface area (Å²) in [5, 5.41) is 4.85. The molecule has 0 atom stereocenters. The Hall–Kier alpha value is -1.29. The van der Waals surface area contributed by atoms with Crippen LogP contribution in [0.1, 0.15) is 9.88 Å². The highest BCUT2D eigenvalue weighted by atomic mass is 32.2. The number of rotatable bonds is 6. The molecule has 7 nitrogen and oxygen atoms in total. The normalized spacial score (nSPS) is 11.9. The van der Waals surface area contributed by atoms with Crippen LogP contribution in [0, 0.1) is 6.92 Å². The van der Waals surface area contributed by atoms with Gasteiger partial charge < -0.3 is 5.73 Å². The number of nitrogens with one attached hydrogen (secondary N) is 1. The summed E-state index contributed by atoms with van der Waals surface area (Å²) in [5.41, 5.74) is 5.38. The summed E-state index contributed by atoms with van der Waals surface area (Å²) >= 11 is 1.46. The lowest BCUT2D eigenvalue weighted by Crippen LogP contribution is -2.22. The second kappa shape index (κ2) is 5.78. The molecule has 104 valence electrons. The van der Waals surface area contributed by atoms with Crippen LogP contribution in [0.5, 0.6) is 0 Å². The number of hydrogen-bond acceptors (Lipinski definition) is 6. The van der Waals surface area contributed by atoms with Gasteiger partial charge in [0.2, 0.25) is 10.0 Å². The molecule has 2 aromatic rings. The minimum Gasteiger partial charge on any atom is -0.329 e. The summed E-state index contributed by atoms with van der Waals surface area (Å²) in [6.07, 6.45) is 4.45. The molecular formula is C10H15N5O2S2. The zero-order chi connectivity index (χ0) is 13.9. The van der Waals surface area contributed by atoms with E-state index in [0.29, 0.717) is 13.1 Å². The molecule has 0 amide bonds. The molecule has 0 aromatic carbocycles. The largest absolute Gasteiger partial charge is 0.329 e. The van der Waals surface area contributed by atoms with Crippen LogP contribution in [-0.4, -0.2) is 29.7 Å². The lowest BCUT2D eigenvalue weighted by Gasteiger charge is -2.02. The lowest BCUT2D eigenvalue weighted by atomic mass is 10.6. The van der Waals surface area contributed by atoms with Gasteiger partial charge in [-0.3, -0.25) is 4.68 Å².